The van der Waals surface area contributed by atoms with Crippen molar-refractivity contribution in [2.24, 2.45) is 0 Å². The van der Waals surface area contributed by atoms with Gasteiger partial charge in [-0.25, -0.2) is 0 Å². The van der Waals surface area contributed by atoms with Crippen molar-refractivity contribution in [1.82, 2.24) is 15.4 Å². The molecule has 1 saturated heterocycles. The summed E-state index contributed by atoms with van der Waals surface area (Å²) in [6.45, 7) is 7.83. The van der Waals surface area contributed by atoms with Crippen molar-refractivity contribution in [2.45, 2.75) is 45.6 Å². The molecule has 0 spiro atoms. The van der Waals surface area contributed by atoms with Gasteiger partial charge in [0.05, 0.1) is 0 Å². The van der Waals surface area contributed by atoms with Gasteiger partial charge in [-0.3, -0.25) is 4.79 Å². The molecule has 1 unspecified atom stereocenters. The molecule has 0 saturated carbocycles. The van der Waals surface area contributed by atoms with Crippen LogP contribution in [0.1, 0.15) is 38.4 Å². The highest BCUT2D eigenvalue weighted by Crippen LogP contribution is 2.10. The van der Waals surface area contributed by atoms with Crippen LogP contribution in [0.25, 0.3) is 0 Å². The van der Waals surface area contributed by atoms with E-state index in [9.17, 15) is 4.79 Å². The van der Waals surface area contributed by atoms with Crippen molar-refractivity contribution >= 4 is 11.7 Å². The van der Waals surface area contributed by atoms with Gasteiger partial charge in [0.1, 0.15) is 5.76 Å². The number of piperidine rings is 1. The fourth-order valence-electron chi connectivity index (χ4n) is 2.66. The van der Waals surface area contributed by atoms with Crippen LogP contribution < -0.4 is 10.6 Å². The molecule has 0 radical (unpaired) electrons. The summed E-state index contributed by atoms with van der Waals surface area (Å²) in [7, 11) is 0. The molecule has 6 heteroatoms. The molecule has 1 aromatic heterocycles. The molecule has 1 aliphatic rings. The first kappa shape index (κ1) is 16.0. The fraction of sp³-hybridized carbons (Fsp3) is 0.733. The number of aryl methyl sites for hydroxylation is 1. The Labute approximate surface area is 126 Å². The van der Waals surface area contributed by atoms with Crippen LogP contribution in [0.2, 0.25) is 0 Å². The summed E-state index contributed by atoms with van der Waals surface area (Å²) in [6.07, 6.45) is 4.30. The van der Waals surface area contributed by atoms with Gasteiger partial charge in [0.25, 0.3) is 0 Å². The number of carbonyl (C=O) groups excluding carboxylic acids is 1. The van der Waals surface area contributed by atoms with Crippen LogP contribution in [0.15, 0.2) is 10.6 Å². The van der Waals surface area contributed by atoms with Crippen molar-refractivity contribution in [2.75, 3.05) is 31.5 Å². The van der Waals surface area contributed by atoms with E-state index >= 15 is 0 Å². The summed E-state index contributed by atoms with van der Waals surface area (Å²) in [5, 5.41) is 10.1. The zero-order valence-electron chi connectivity index (χ0n) is 13.0. The zero-order valence-corrected chi connectivity index (χ0v) is 13.0. The van der Waals surface area contributed by atoms with Gasteiger partial charge in [0.15, 0.2) is 5.82 Å². The summed E-state index contributed by atoms with van der Waals surface area (Å²) < 4.78 is 4.93. The van der Waals surface area contributed by atoms with Crippen LogP contribution in [0.5, 0.6) is 0 Å². The maximum absolute atomic E-state index is 11.9. The molecular formula is C15H26N4O2. The summed E-state index contributed by atoms with van der Waals surface area (Å²) in [4.78, 5) is 14.2. The molecule has 0 bridgehead atoms. The first-order valence-electron chi connectivity index (χ1n) is 7.86. The van der Waals surface area contributed by atoms with Crippen LogP contribution in [-0.4, -0.2) is 48.2 Å². The van der Waals surface area contributed by atoms with Crippen LogP contribution in [-0.2, 0) is 4.79 Å². The molecule has 0 aliphatic carbocycles. The number of aromatic nitrogens is 1. The fourth-order valence-corrected chi connectivity index (χ4v) is 2.66. The minimum atomic E-state index is -0.0154. The summed E-state index contributed by atoms with van der Waals surface area (Å²) in [5.41, 5.74) is 0. The third-order valence-corrected chi connectivity index (χ3v) is 3.89. The first-order valence-corrected chi connectivity index (χ1v) is 7.86. The molecule has 118 valence electrons. The van der Waals surface area contributed by atoms with Crippen LogP contribution >= 0.6 is 0 Å². The highest BCUT2D eigenvalue weighted by molar-refractivity contribution is 5.89. The molecule has 6 nitrogen and oxygen atoms in total. The molecule has 1 atom stereocenters. The summed E-state index contributed by atoms with van der Waals surface area (Å²) >= 11 is 0. The van der Waals surface area contributed by atoms with E-state index in [4.69, 9.17) is 4.52 Å². The monoisotopic (exact) mass is 294 g/mol. The molecule has 2 heterocycles. The van der Waals surface area contributed by atoms with E-state index < -0.39 is 0 Å². The van der Waals surface area contributed by atoms with Crippen molar-refractivity contribution < 1.29 is 9.32 Å². The number of likely N-dealkylation sites (N-methyl/N-ethyl adjacent to an activating group) is 1. The third kappa shape index (κ3) is 5.47. The smallest absolute Gasteiger partial charge is 0.226 e. The zero-order chi connectivity index (χ0) is 15.1. The minimum absolute atomic E-state index is 0.0154. The van der Waals surface area contributed by atoms with E-state index in [2.05, 4.69) is 27.6 Å². The second kappa shape index (κ2) is 8.14. The molecule has 1 aliphatic heterocycles. The minimum Gasteiger partial charge on any atom is -0.360 e. The van der Waals surface area contributed by atoms with Gasteiger partial charge >= 0.3 is 0 Å². The predicted molar refractivity (Wildman–Crippen MR) is 82.2 cm³/mol. The number of hydrogen-bond donors (Lipinski definition) is 2. The Kier molecular flexibility index (Phi) is 6.20. The highest BCUT2D eigenvalue weighted by Gasteiger charge is 2.16. The third-order valence-electron chi connectivity index (χ3n) is 3.89. The number of amides is 1. The lowest BCUT2D eigenvalue weighted by Gasteiger charge is -2.29. The van der Waals surface area contributed by atoms with Crippen LogP contribution in [0, 0.1) is 6.92 Å². The molecule has 21 heavy (non-hydrogen) atoms. The SMILES string of the molecule is CCN(CCC(=O)Nc1cc(C)on1)CC1CCCCN1. The second-order valence-corrected chi connectivity index (χ2v) is 5.66. The molecular weight excluding hydrogens is 268 g/mol. The van der Waals surface area contributed by atoms with Crippen molar-refractivity contribution in [3.05, 3.63) is 11.8 Å². The van der Waals surface area contributed by atoms with Crippen LogP contribution in [0.4, 0.5) is 5.82 Å². The van der Waals surface area contributed by atoms with E-state index in [1.807, 2.05) is 0 Å². The van der Waals surface area contributed by atoms with E-state index in [1.54, 1.807) is 13.0 Å². The molecule has 1 amide bonds. The van der Waals surface area contributed by atoms with Gasteiger partial charge in [-0.05, 0) is 32.9 Å². The second-order valence-electron chi connectivity index (χ2n) is 5.66. The Bertz CT molecular complexity index is 441. The summed E-state index contributed by atoms with van der Waals surface area (Å²) in [6, 6.07) is 2.29. The standard InChI is InChI=1S/C15H26N4O2/c1-3-19(11-13-6-4-5-8-16-13)9-7-15(20)17-14-10-12(2)21-18-14/h10,13,16H,3-9,11H2,1-2H3,(H,17,18,20). The molecule has 0 aromatic carbocycles. The van der Waals surface area contributed by atoms with Crippen LogP contribution in [0.3, 0.4) is 0 Å². The first-order chi connectivity index (χ1) is 10.2. The number of carbonyl (C=O) groups is 1. The Morgan fingerprint density at radius 3 is 3.05 bits per heavy atom. The van der Waals surface area contributed by atoms with Crippen molar-refractivity contribution in [3.63, 3.8) is 0 Å². The predicted octanol–water partition coefficient (Wildman–Crippen LogP) is 1.78. The topological polar surface area (TPSA) is 70.4 Å². The number of anilines is 1. The van der Waals surface area contributed by atoms with Gasteiger partial charge in [0, 0.05) is 31.6 Å². The van der Waals surface area contributed by atoms with Gasteiger partial charge in [-0.1, -0.05) is 18.5 Å². The number of hydrogen-bond acceptors (Lipinski definition) is 5. The molecule has 2 rings (SSSR count). The number of nitrogens with zero attached hydrogens (tertiary/aromatic N) is 2. The van der Waals surface area contributed by atoms with E-state index in [0.29, 0.717) is 24.0 Å². The lowest BCUT2D eigenvalue weighted by atomic mass is 10.0. The Balaban J connectivity index is 1.70. The Morgan fingerprint density at radius 1 is 1.57 bits per heavy atom. The average molecular weight is 294 g/mol. The van der Waals surface area contributed by atoms with E-state index in [-0.39, 0.29) is 5.91 Å². The number of nitrogens with one attached hydrogen (secondary N) is 2. The lowest BCUT2D eigenvalue weighted by Crippen LogP contribution is -2.44. The Morgan fingerprint density at radius 2 is 2.43 bits per heavy atom. The normalized spacial score (nSPS) is 18.9. The number of rotatable bonds is 7. The van der Waals surface area contributed by atoms with Crippen molar-refractivity contribution in [3.8, 4) is 0 Å². The molecule has 1 aromatic rings. The quantitative estimate of drug-likeness (QED) is 0.802. The van der Waals surface area contributed by atoms with Gasteiger partial charge in [-0.2, -0.15) is 0 Å². The maximum atomic E-state index is 11.9. The van der Waals surface area contributed by atoms with E-state index in [1.165, 1.54) is 19.3 Å². The average Bonchev–Trinajstić information content (AvgIpc) is 2.89. The largest absolute Gasteiger partial charge is 0.360 e. The molecule has 1 fully saturated rings. The Hall–Kier alpha value is -1.40. The summed E-state index contributed by atoms with van der Waals surface area (Å²) in [5.74, 6) is 1.18. The van der Waals surface area contributed by atoms with Crippen molar-refractivity contribution in [1.29, 1.82) is 0 Å². The maximum Gasteiger partial charge on any atom is 0.226 e. The highest BCUT2D eigenvalue weighted by atomic mass is 16.5. The van der Waals surface area contributed by atoms with Gasteiger partial charge < -0.3 is 20.1 Å². The van der Waals surface area contributed by atoms with Gasteiger partial charge in [-0.15, -0.1) is 0 Å². The van der Waals surface area contributed by atoms with Gasteiger partial charge in [0.2, 0.25) is 5.91 Å². The lowest BCUT2D eigenvalue weighted by molar-refractivity contribution is -0.116. The van der Waals surface area contributed by atoms with E-state index in [0.717, 1.165) is 26.2 Å². The molecule has 2 N–H and O–H groups in total.